The molecule has 0 spiro atoms. The van der Waals surface area contributed by atoms with E-state index in [9.17, 15) is 0 Å². The van der Waals surface area contributed by atoms with Crippen LogP contribution in [0.25, 0.3) is 10.8 Å². The van der Waals surface area contributed by atoms with Crippen LogP contribution in [0.2, 0.25) is 11.1 Å². The molecule has 1 heterocycles. The number of benzene rings is 2. The van der Waals surface area contributed by atoms with E-state index < -0.39 is 13.8 Å². The van der Waals surface area contributed by atoms with E-state index in [0.29, 0.717) is 11.1 Å². The van der Waals surface area contributed by atoms with Gasteiger partial charge in [0.1, 0.15) is 0 Å². The van der Waals surface area contributed by atoms with Crippen molar-refractivity contribution in [2.24, 2.45) is 0 Å². The zero-order chi connectivity index (χ0) is 14.7. The van der Waals surface area contributed by atoms with E-state index in [2.05, 4.69) is 64.1 Å². The summed E-state index contributed by atoms with van der Waals surface area (Å²) in [5, 5.41) is 5.45. The lowest BCUT2D eigenvalue weighted by molar-refractivity contribution is 1.02. The van der Waals surface area contributed by atoms with E-state index in [1.807, 2.05) is 0 Å². The van der Waals surface area contributed by atoms with E-state index >= 15 is 0 Å². The minimum atomic E-state index is -2.21. The Morgan fingerprint density at radius 1 is 0.750 bits per heavy atom. The fourth-order valence-electron chi connectivity index (χ4n) is 3.80. The Kier molecular flexibility index (Phi) is 3.37. The molecule has 3 rings (SSSR count). The van der Waals surface area contributed by atoms with Crippen LogP contribution in [0.4, 0.5) is 0 Å². The Morgan fingerprint density at radius 2 is 1.15 bits per heavy atom. The Morgan fingerprint density at radius 3 is 1.50 bits per heavy atom. The van der Waals surface area contributed by atoms with Crippen molar-refractivity contribution >= 4 is 57.1 Å². The number of rotatable bonds is 2. The van der Waals surface area contributed by atoms with Crippen LogP contribution in [-0.4, -0.2) is 13.8 Å². The maximum absolute atomic E-state index is 7.41. The van der Waals surface area contributed by atoms with Crippen molar-refractivity contribution in [1.82, 2.24) is 0 Å². The van der Waals surface area contributed by atoms with Crippen LogP contribution in [-0.2, 0) is 0 Å². The quantitative estimate of drug-likeness (QED) is 0.557. The van der Waals surface area contributed by atoms with E-state index in [1.54, 1.807) is 0 Å². The fourth-order valence-corrected chi connectivity index (χ4v) is 24.9. The van der Waals surface area contributed by atoms with Crippen LogP contribution in [0.15, 0.2) is 36.4 Å². The summed E-state index contributed by atoms with van der Waals surface area (Å²) in [5.74, 6) is 0. The van der Waals surface area contributed by atoms with Crippen molar-refractivity contribution in [3.63, 3.8) is 0 Å². The van der Waals surface area contributed by atoms with Gasteiger partial charge in [0.15, 0.2) is 0 Å². The van der Waals surface area contributed by atoms with Gasteiger partial charge in [-0.2, -0.15) is 22.2 Å². The second-order valence-corrected chi connectivity index (χ2v) is 22.9. The van der Waals surface area contributed by atoms with Crippen molar-refractivity contribution in [1.29, 1.82) is 0 Å². The molecule has 2 unspecified atom stereocenters. The van der Waals surface area contributed by atoms with Crippen molar-refractivity contribution in [3.8, 4) is 0 Å². The van der Waals surface area contributed by atoms with Gasteiger partial charge in [0.05, 0.1) is 0 Å². The average molecular weight is 339 g/mol. The summed E-state index contributed by atoms with van der Waals surface area (Å²) in [4.78, 5) is 0. The molecule has 0 bridgehead atoms. The first-order chi connectivity index (χ1) is 9.35. The van der Waals surface area contributed by atoms with Crippen LogP contribution < -0.4 is 10.4 Å². The predicted octanol–water partition coefficient (Wildman–Crippen LogP) is 4.53. The lowest BCUT2D eigenvalue weighted by Gasteiger charge is -2.40. The molecule has 0 amide bonds. The minimum absolute atomic E-state index is 0.453. The third-order valence-corrected chi connectivity index (χ3v) is 29.8. The van der Waals surface area contributed by atoms with Crippen LogP contribution in [0.3, 0.4) is 0 Å². The molecule has 4 heteroatoms. The molecule has 20 heavy (non-hydrogen) atoms. The lowest BCUT2D eigenvalue weighted by Crippen LogP contribution is -2.67. The highest BCUT2D eigenvalue weighted by molar-refractivity contribution is 7.80. The number of hydrogen-bond acceptors (Lipinski definition) is 0. The molecule has 0 saturated carbocycles. The van der Waals surface area contributed by atoms with Crippen molar-refractivity contribution in [2.75, 3.05) is 0 Å². The molecule has 0 radical (unpaired) electrons. The van der Waals surface area contributed by atoms with Crippen molar-refractivity contribution < 1.29 is 0 Å². The molecule has 0 aromatic heterocycles. The van der Waals surface area contributed by atoms with Gasteiger partial charge in [-0.15, -0.1) is 0 Å². The topological polar surface area (TPSA) is 0 Å². The summed E-state index contributed by atoms with van der Waals surface area (Å²) >= 11 is 14.8. The maximum Gasteiger partial charge on any atom is 0.203 e. The van der Waals surface area contributed by atoms with Crippen LogP contribution in [0.1, 0.15) is 27.7 Å². The Hall–Kier alpha value is -0.286. The fraction of sp³-hybridized carbons (Fsp3) is 0.375. The second kappa shape index (κ2) is 4.60. The van der Waals surface area contributed by atoms with Gasteiger partial charge in [-0.05, 0) is 32.2 Å². The van der Waals surface area contributed by atoms with Gasteiger partial charge in [0.2, 0.25) is 13.8 Å². The maximum atomic E-state index is 7.41. The van der Waals surface area contributed by atoms with Gasteiger partial charge >= 0.3 is 0 Å². The largest absolute Gasteiger partial charge is 0.203 e. The molecule has 0 N–H and O–H groups in total. The molecule has 2 aromatic rings. The summed E-state index contributed by atoms with van der Waals surface area (Å²) in [6.45, 7) is 4.63. The van der Waals surface area contributed by atoms with Gasteiger partial charge in [0.25, 0.3) is 0 Å². The smallest absolute Gasteiger partial charge is 0.162 e. The van der Waals surface area contributed by atoms with Gasteiger partial charge in [-0.3, -0.25) is 0 Å². The molecular weight excluding hydrogens is 319 g/mol. The standard InChI is InChI=1S/C16H20Cl2Si2/c1-11(2)19(17)14-9-5-7-13-8-6-10-15(16(13)14)20(19,18)12(3)4/h5-12H,1-4H3. The summed E-state index contributed by atoms with van der Waals surface area (Å²) in [5.41, 5.74) is 0.905. The minimum Gasteiger partial charge on any atom is -0.162 e. The van der Waals surface area contributed by atoms with Gasteiger partial charge in [-0.25, -0.2) is 0 Å². The van der Waals surface area contributed by atoms with Crippen LogP contribution >= 0.6 is 22.2 Å². The highest BCUT2D eigenvalue weighted by Gasteiger charge is 2.64. The molecule has 0 nitrogen and oxygen atoms in total. The molecule has 106 valence electrons. The zero-order valence-electron chi connectivity index (χ0n) is 12.4. The van der Waals surface area contributed by atoms with Gasteiger partial charge in [0, 0.05) is 0 Å². The van der Waals surface area contributed by atoms with E-state index in [4.69, 9.17) is 22.2 Å². The van der Waals surface area contributed by atoms with E-state index in [-0.39, 0.29) is 0 Å². The zero-order valence-corrected chi connectivity index (χ0v) is 15.9. The van der Waals surface area contributed by atoms with Gasteiger partial charge < -0.3 is 0 Å². The highest BCUT2D eigenvalue weighted by Crippen LogP contribution is 2.47. The first-order valence-electron chi connectivity index (χ1n) is 7.25. The average Bonchev–Trinajstić information content (AvgIpc) is 2.63. The molecule has 1 aliphatic heterocycles. The highest BCUT2D eigenvalue weighted by atomic mass is 35.6. The second-order valence-electron chi connectivity index (χ2n) is 6.44. The lowest BCUT2D eigenvalue weighted by atomic mass is 10.1. The summed E-state index contributed by atoms with van der Waals surface area (Å²) in [6, 6.07) is 13.1. The normalized spacial score (nSPS) is 28.8. The van der Waals surface area contributed by atoms with E-state index in [1.165, 1.54) is 21.1 Å². The van der Waals surface area contributed by atoms with Crippen molar-refractivity contribution in [3.05, 3.63) is 36.4 Å². The molecule has 0 fully saturated rings. The van der Waals surface area contributed by atoms with Crippen LogP contribution in [0.5, 0.6) is 0 Å². The summed E-state index contributed by atoms with van der Waals surface area (Å²) in [6.07, 6.45) is 0. The molecular formula is C16H20Cl2Si2. The Bertz CT molecular complexity index is 628. The number of halogens is 2. The summed E-state index contributed by atoms with van der Waals surface area (Å²) in [7, 11) is 0. The molecule has 2 aromatic carbocycles. The van der Waals surface area contributed by atoms with Crippen LogP contribution in [0, 0.1) is 0 Å². The van der Waals surface area contributed by atoms with Crippen molar-refractivity contribution in [2.45, 2.75) is 38.8 Å². The summed E-state index contributed by atoms with van der Waals surface area (Å²) < 4.78 is 0. The third kappa shape index (κ3) is 1.54. The SMILES string of the molecule is CC(C)[Si]1(Cl)c2cccc3cccc(c23)[Si]1(Cl)C(C)C. The first-order valence-corrected chi connectivity index (χ1v) is 14.4. The molecule has 2 atom stereocenters. The van der Waals surface area contributed by atoms with Gasteiger partial charge in [-0.1, -0.05) is 64.1 Å². The number of hydrogen-bond donors (Lipinski definition) is 0. The first kappa shape index (κ1) is 14.6. The third-order valence-electron chi connectivity index (χ3n) is 4.81. The Balaban J connectivity index is 2.48. The molecule has 0 saturated heterocycles. The molecule has 0 aliphatic carbocycles. The monoisotopic (exact) mass is 338 g/mol. The molecule has 1 aliphatic rings. The predicted molar refractivity (Wildman–Crippen MR) is 96.6 cm³/mol. The Labute approximate surface area is 132 Å². The van der Waals surface area contributed by atoms with E-state index in [0.717, 1.165) is 0 Å².